The van der Waals surface area contributed by atoms with E-state index in [-0.39, 0.29) is 30.6 Å². The van der Waals surface area contributed by atoms with Crippen molar-refractivity contribution in [3.8, 4) is 0 Å². The van der Waals surface area contributed by atoms with E-state index in [1.807, 2.05) is 19.1 Å². The second-order valence-corrected chi connectivity index (χ2v) is 4.50. The summed E-state index contributed by atoms with van der Waals surface area (Å²) in [5, 5.41) is 6.74. The minimum absolute atomic E-state index is 0. The van der Waals surface area contributed by atoms with E-state index in [0.29, 0.717) is 12.6 Å². The Bertz CT molecular complexity index is 355. The van der Waals surface area contributed by atoms with Crippen LogP contribution in [-0.4, -0.2) is 19.1 Å². The van der Waals surface area contributed by atoms with Gasteiger partial charge in [0, 0.05) is 18.2 Å². The zero-order chi connectivity index (χ0) is 11.4. The highest BCUT2D eigenvalue weighted by Gasteiger charge is 2.12. The average Bonchev–Trinajstić information content (AvgIpc) is 2.29. The minimum atomic E-state index is -0.0959. The molecule has 0 aliphatic carbocycles. The van der Waals surface area contributed by atoms with Crippen LogP contribution in [-0.2, 0) is 6.54 Å². The molecular formula is C13H21Cl2FN2. The number of piperidine rings is 1. The Balaban J connectivity index is 0.00000144. The Morgan fingerprint density at radius 2 is 1.94 bits per heavy atom. The molecule has 2 nitrogen and oxygen atoms in total. The van der Waals surface area contributed by atoms with Crippen molar-refractivity contribution < 1.29 is 4.39 Å². The Kier molecular flexibility index (Phi) is 8.53. The molecule has 0 radical (unpaired) electrons. The molecule has 2 N–H and O–H groups in total. The summed E-state index contributed by atoms with van der Waals surface area (Å²) in [6.45, 7) is 4.67. The third-order valence-electron chi connectivity index (χ3n) is 3.13. The first-order chi connectivity index (χ1) is 7.75. The summed E-state index contributed by atoms with van der Waals surface area (Å²) in [5.74, 6) is -0.0959. The van der Waals surface area contributed by atoms with Gasteiger partial charge in [-0.1, -0.05) is 12.1 Å². The summed E-state index contributed by atoms with van der Waals surface area (Å²) in [4.78, 5) is 0. The van der Waals surface area contributed by atoms with Crippen molar-refractivity contribution in [1.29, 1.82) is 0 Å². The van der Waals surface area contributed by atoms with Gasteiger partial charge in [-0.25, -0.2) is 4.39 Å². The summed E-state index contributed by atoms with van der Waals surface area (Å²) in [7, 11) is 0. The smallest absolute Gasteiger partial charge is 0.127 e. The van der Waals surface area contributed by atoms with Gasteiger partial charge in [0.2, 0.25) is 0 Å². The molecule has 1 aromatic carbocycles. The Morgan fingerprint density at radius 1 is 1.28 bits per heavy atom. The van der Waals surface area contributed by atoms with Crippen LogP contribution in [0.2, 0.25) is 0 Å². The van der Waals surface area contributed by atoms with Crippen molar-refractivity contribution in [2.75, 3.05) is 13.1 Å². The van der Waals surface area contributed by atoms with Gasteiger partial charge in [-0.05, 0) is 44.5 Å². The fraction of sp³-hybridized carbons (Fsp3) is 0.538. The van der Waals surface area contributed by atoms with Crippen LogP contribution in [0.25, 0.3) is 0 Å². The van der Waals surface area contributed by atoms with Gasteiger partial charge in [-0.3, -0.25) is 0 Å². The highest BCUT2D eigenvalue weighted by molar-refractivity contribution is 5.85. The number of rotatable bonds is 3. The zero-order valence-electron chi connectivity index (χ0n) is 10.5. The Labute approximate surface area is 121 Å². The molecule has 0 unspecified atom stereocenters. The van der Waals surface area contributed by atoms with Gasteiger partial charge in [-0.2, -0.15) is 0 Å². The third-order valence-corrected chi connectivity index (χ3v) is 3.13. The number of hydrogen-bond donors (Lipinski definition) is 2. The molecule has 0 atom stereocenters. The molecule has 1 aromatic rings. The van der Waals surface area contributed by atoms with E-state index in [4.69, 9.17) is 0 Å². The first kappa shape index (κ1) is 17.6. The maximum atomic E-state index is 13.6. The number of aryl methyl sites for hydroxylation is 1. The normalized spacial score (nSPS) is 15.7. The quantitative estimate of drug-likeness (QED) is 0.896. The summed E-state index contributed by atoms with van der Waals surface area (Å²) in [5.41, 5.74) is 1.74. The fourth-order valence-electron chi connectivity index (χ4n) is 2.08. The number of halogens is 3. The van der Waals surface area contributed by atoms with Crippen LogP contribution >= 0.6 is 24.8 Å². The van der Waals surface area contributed by atoms with Gasteiger partial charge in [-0.15, -0.1) is 24.8 Å². The molecule has 0 bridgehead atoms. The number of benzene rings is 1. The molecule has 0 aromatic heterocycles. The second kappa shape index (κ2) is 8.70. The molecule has 1 aliphatic rings. The molecule has 0 saturated carbocycles. The van der Waals surface area contributed by atoms with Gasteiger partial charge < -0.3 is 10.6 Å². The lowest BCUT2D eigenvalue weighted by molar-refractivity contribution is 0.384. The Hall–Kier alpha value is -0.350. The van der Waals surface area contributed by atoms with Crippen LogP contribution in [0.1, 0.15) is 24.0 Å². The van der Waals surface area contributed by atoms with Crippen molar-refractivity contribution in [2.45, 2.75) is 32.4 Å². The molecule has 1 saturated heterocycles. The zero-order valence-corrected chi connectivity index (χ0v) is 12.2. The SMILES string of the molecule is Cc1ccc(CNC2CCNCC2)c(F)c1.Cl.Cl. The largest absolute Gasteiger partial charge is 0.317 e. The van der Waals surface area contributed by atoms with Crippen molar-refractivity contribution in [3.63, 3.8) is 0 Å². The van der Waals surface area contributed by atoms with E-state index in [1.54, 1.807) is 6.07 Å². The van der Waals surface area contributed by atoms with Gasteiger partial charge in [0.05, 0.1) is 0 Å². The Morgan fingerprint density at radius 3 is 2.56 bits per heavy atom. The molecular weight excluding hydrogens is 274 g/mol. The van der Waals surface area contributed by atoms with E-state index >= 15 is 0 Å². The molecule has 0 spiro atoms. The van der Waals surface area contributed by atoms with Crippen molar-refractivity contribution in [1.82, 2.24) is 10.6 Å². The second-order valence-electron chi connectivity index (χ2n) is 4.50. The first-order valence-electron chi connectivity index (χ1n) is 5.95. The van der Waals surface area contributed by atoms with Gasteiger partial charge >= 0.3 is 0 Å². The summed E-state index contributed by atoms with van der Waals surface area (Å²) < 4.78 is 13.6. The molecule has 104 valence electrons. The monoisotopic (exact) mass is 294 g/mol. The first-order valence-corrected chi connectivity index (χ1v) is 5.95. The molecule has 1 heterocycles. The lowest BCUT2D eigenvalue weighted by Gasteiger charge is -2.23. The summed E-state index contributed by atoms with van der Waals surface area (Å²) in [6.07, 6.45) is 2.26. The number of nitrogens with one attached hydrogen (secondary N) is 2. The van der Waals surface area contributed by atoms with Crippen LogP contribution in [0.4, 0.5) is 4.39 Å². The van der Waals surface area contributed by atoms with Crippen LogP contribution in [0.15, 0.2) is 18.2 Å². The highest BCUT2D eigenvalue weighted by Crippen LogP contribution is 2.11. The average molecular weight is 295 g/mol. The maximum absolute atomic E-state index is 13.6. The molecule has 18 heavy (non-hydrogen) atoms. The van der Waals surface area contributed by atoms with Gasteiger partial charge in [0.1, 0.15) is 5.82 Å². The van der Waals surface area contributed by atoms with Gasteiger partial charge in [0.15, 0.2) is 0 Å². The van der Waals surface area contributed by atoms with Gasteiger partial charge in [0.25, 0.3) is 0 Å². The van der Waals surface area contributed by atoms with E-state index in [1.165, 1.54) is 0 Å². The van der Waals surface area contributed by atoms with Crippen LogP contribution in [0, 0.1) is 12.7 Å². The third kappa shape index (κ3) is 5.11. The minimum Gasteiger partial charge on any atom is -0.317 e. The summed E-state index contributed by atoms with van der Waals surface area (Å²) >= 11 is 0. The van der Waals surface area contributed by atoms with Crippen molar-refractivity contribution in [2.24, 2.45) is 0 Å². The molecule has 5 heteroatoms. The summed E-state index contributed by atoms with van der Waals surface area (Å²) in [6, 6.07) is 5.96. The molecule has 1 fully saturated rings. The molecule has 2 rings (SSSR count). The van der Waals surface area contributed by atoms with Crippen molar-refractivity contribution >= 4 is 24.8 Å². The maximum Gasteiger partial charge on any atom is 0.127 e. The van der Waals surface area contributed by atoms with E-state index < -0.39 is 0 Å². The van der Waals surface area contributed by atoms with E-state index in [9.17, 15) is 4.39 Å². The van der Waals surface area contributed by atoms with Crippen LogP contribution < -0.4 is 10.6 Å². The predicted octanol–water partition coefficient (Wildman–Crippen LogP) is 2.82. The molecule has 1 aliphatic heterocycles. The fourth-order valence-corrected chi connectivity index (χ4v) is 2.08. The predicted molar refractivity (Wildman–Crippen MR) is 78.4 cm³/mol. The standard InChI is InChI=1S/C13H19FN2.2ClH/c1-10-2-3-11(13(14)8-10)9-16-12-4-6-15-7-5-12;;/h2-3,8,12,15-16H,4-7,9H2,1H3;2*1H. The van der Waals surface area contributed by atoms with Crippen molar-refractivity contribution in [3.05, 3.63) is 35.1 Å². The lowest BCUT2D eigenvalue weighted by Crippen LogP contribution is -2.39. The highest BCUT2D eigenvalue weighted by atomic mass is 35.5. The van der Waals surface area contributed by atoms with E-state index in [0.717, 1.165) is 37.1 Å². The lowest BCUT2D eigenvalue weighted by atomic mass is 10.1. The topological polar surface area (TPSA) is 24.1 Å². The number of hydrogen-bond acceptors (Lipinski definition) is 2. The van der Waals surface area contributed by atoms with Crippen LogP contribution in [0.3, 0.4) is 0 Å². The van der Waals surface area contributed by atoms with E-state index in [2.05, 4.69) is 10.6 Å². The molecule has 0 amide bonds. The van der Waals surface area contributed by atoms with Crippen LogP contribution in [0.5, 0.6) is 0 Å².